The number of ketones is 1. The molecule has 0 bridgehead atoms. The van der Waals surface area contributed by atoms with Gasteiger partial charge in [-0.1, -0.05) is 27.7 Å². The van der Waals surface area contributed by atoms with Crippen molar-refractivity contribution in [2.75, 3.05) is 6.54 Å². The van der Waals surface area contributed by atoms with Crippen molar-refractivity contribution in [2.24, 2.45) is 17.6 Å². The third-order valence-corrected chi connectivity index (χ3v) is 5.70. The van der Waals surface area contributed by atoms with Gasteiger partial charge < -0.3 is 26.5 Å². The zero-order valence-electron chi connectivity index (χ0n) is 22.0. The van der Waals surface area contributed by atoms with Crippen molar-refractivity contribution in [2.45, 2.75) is 91.1 Å². The summed E-state index contributed by atoms with van der Waals surface area (Å²) in [6, 6.07) is -2.33. The van der Waals surface area contributed by atoms with Gasteiger partial charge in [0.05, 0.1) is 6.04 Å². The van der Waals surface area contributed by atoms with E-state index in [-0.39, 0.29) is 56.3 Å². The molecule has 13 heteroatoms. The minimum absolute atomic E-state index is 0.00968. The number of hydroxylamine groups is 2. The van der Waals surface area contributed by atoms with Gasteiger partial charge in [0.2, 0.25) is 11.8 Å². The van der Waals surface area contributed by atoms with Crippen LogP contribution in [0.4, 0.5) is 4.79 Å². The van der Waals surface area contributed by atoms with Crippen LogP contribution in [-0.4, -0.2) is 65.1 Å². The number of hydrogen-bond donors (Lipinski definition) is 4. The minimum Gasteiger partial charge on any atom is -0.352 e. The third-order valence-electron chi connectivity index (χ3n) is 5.70. The van der Waals surface area contributed by atoms with E-state index in [0.29, 0.717) is 24.3 Å². The van der Waals surface area contributed by atoms with E-state index in [1.54, 1.807) is 27.7 Å². The molecule has 1 rings (SSSR count). The van der Waals surface area contributed by atoms with Crippen LogP contribution in [0.5, 0.6) is 0 Å². The molecule has 0 unspecified atom stereocenters. The molecule has 13 nitrogen and oxygen atoms in total. The maximum Gasteiger partial charge on any atom is 0.333 e. The normalized spacial score (nSPS) is 14.9. The summed E-state index contributed by atoms with van der Waals surface area (Å²) in [5.74, 6) is -3.50. The van der Waals surface area contributed by atoms with Crippen LogP contribution in [0.1, 0.15) is 79.1 Å². The predicted octanol–water partition coefficient (Wildman–Crippen LogP) is 0.453. The predicted molar refractivity (Wildman–Crippen MR) is 131 cm³/mol. The highest BCUT2D eigenvalue weighted by Gasteiger charge is 2.33. The Labute approximate surface area is 216 Å². The minimum atomic E-state index is -0.879. The molecule has 5 N–H and O–H groups in total. The molecule has 6 amide bonds. The van der Waals surface area contributed by atoms with Crippen LogP contribution in [0, 0.1) is 11.8 Å². The molecular weight excluding hydrogens is 486 g/mol. The van der Waals surface area contributed by atoms with Crippen molar-refractivity contribution >= 4 is 41.4 Å². The summed E-state index contributed by atoms with van der Waals surface area (Å²) in [4.78, 5) is 88.4. The number of urea groups is 1. The standard InChI is InChI=1S/C24H39N5O8/c1-14(2)21(23(35)27-16(22(34)15(3)4)8-7-13-26-24(25)36)28-17(30)9-5-6-10-20(33)37-29-18(31)11-12-19(29)32/h14-16,21H,5-13H2,1-4H3,(H,27,35)(H,28,30)(H3,25,26,36)/t16-,21-/m0/s1. The van der Waals surface area contributed by atoms with E-state index >= 15 is 0 Å². The second-order valence-corrected chi connectivity index (χ2v) is 9.59. The van der Waals surface area contributed by atoms with Crippen LogP contribution in [0.3, 0.4) is 0 Å². The summed E-state index contributed by atoms with van der Waals surface area (Å²) >= 11 is 0. The fourth-order valence-corrected chi connectivity index (χ4v) is 3.61. The second-order valence-electron chi connectivity index (χ2n) is 9.59. The Morgan fingerprint density at radius 1 is 0.919 bits per heavy atom. The number of nitrogens with one attached hydrogen (secondary N) is 3. The van der Waals surface area contributed by atoms with Crippen molar-refractivity contribution in [3.05, 3.63) is 0 Å². The van der Waals surface area contributed by atoms with Gasteiger partial charge in [0.25, 0.3) is 11.8 Å². The van der Waals surface area contributed by atoms with E-state index in [1.165, 1.54) is 0 Å². The molecule has 0 spiro atoms. The Balaban J connectivity index is 2.54. The maximum absolute atomic E-state index is 12.9. The van der Waals surface area contributed by atoms with Gasteiger partial charge in [-0.05, 0) is 31.6 Å². The van der Waals surface area contributed by atoms with Gasteiger partial charge in [-0.25, -0.2) is 9.59 Å². The van der Waals surface area contributed by atoms with E-state index in [2.05, 4.69) is 16.0 Å². The van der Waals surface area contributed by atoms with E-state index < -0.39 is 47.7 Å². The Hall–Kier alpha value is -3.51. The molecule has 0 aliphatic carbocycles. The highest BCUT2D eigenvalue weighted by atomic mass is 16.7. The van der Waals surface area contributed by atoms with Crippen molar-refractivity contribution in [1.29, 1.82) is 0 Å². The Bertz CT molecular complexity index is 857. The quantitative estimate of drug-likeness (QED) is 0.165. The number of amides is 6. The molecule has 0 aromatic heterocycles. The van der Waals surface area contributed by atoms with Gasteiger partial charge in [0.15, 0.2) is 5.78 Å². The molecule has 208 valence electrons. The number of imide groups is 1. The fourth-order valence-electron chi connectivity index (χ4n) is 3.61. The summed E-state index contributed by atoms with van der Waals surface area (Å²) in [6.45, 7) is 7.23. The monoisotopic (exact) mass is 525 g/mol. The molecular formula is C24H39N5O8. The smallest absolute Gasteiger partial charge is 0.333 e. The highest BCUT2D eigenvalue weighted by Crippen LogP contribution is 2.14. The van der Waals surface area contributed by atoms with Gasteiger partial charge in [-0.3, -0.25) is 24.0 Å². The average molecular weight is 526 g/mol. The first-order valence-electron chi connectivity index (χ1n) is 12.6. The molecule has 0 aromatic rings. The SMILES string of the molecule is CC(C)C(=O)[C@H](CCCNC(N)=O)NC(=O)[C@@H](NC(=O)CCCCC(=O)ON1C(=O)CCC1=O)C(C)C. The lowest BCUT2D eigenvalue weighted by molar-refractivity contribution is -0.197. The van der Waals surface area contributed by atoms with E-state index in [9.17, 15) is 33.6 Å². The molecule has 0 radical (unpaired) electrons. The lowest BCUT2D eigenvalue weighted by atomic mass is 9.96. The molecule has 0 saturated carbocycles. The summed E-state index contributed by atoms with van der Waals surface area (Å²) in [6.07, 6.45) is 1.30. The number of rotatable bonds is 16. The zero-order chi connectivity index (χ0) is 28.1. The summed E-state index contributed by atoms with van der Waals surface area (Å²) in [7, 11) is 0. The van der Waals surface area contributed by atoms with Gasteiger partial charge in [-0.15, -0.1) is 5.06 Å². The molecule has 1 heterocycles. The third kappa shape index (κ3) is 11.4. The summed E-state index contributed by atoms with van der Waals surface area (Å²) in [5.41, 5.74) is 5.04. The second kappa shape index (κ2) is 15.6. The zero-order valence-corrected chi connectivity index (χ0v) is 22.0. The first kappa shape index (κ1) is 31.5. The number of carbonyl (C=O) groups excluding carboxylic acids is 7. The number of unbranched alkanes of at least 4 members (excludes halogenated alkanes) is 1. The number of nitrogens with zero attached hydrogens (tertiary/aromatic N) is 1. The number of carbonyl (C=O) groups is 7. The van der Waals surface area contributed by atoms with Crippen LogP contribution in [0.2, 0.25) is 0 Å². The Kier molecular flexibility index (Phi) is 13.3. The highest BCUT2D eigenvalue weighted by molar-refractivity contribution is 6.01. The number of nitrogens with two attached hydrogens (primary N) is 1. The first-order valence-corrected chi connectivity index (χ1v) is 12.6. The van der Waals surface area contributed by atoms with Crippen molar-refractivity contribution in [1.82, 2.24) is 21.0 Å². The van der Waals surface area contributed by atoms with Crippen LogP contribution in [0.25, 0.3) is 0 Å². The number of Topliss-reactive ketones (excluding diaryl/α,β-unsaturated/α-hetero) is 1. The van der Waals surface area contributed by atoms with Gasteiger partial charge >= 0.3 is 12.0 Å². The van der Waals surface area contributed by atoms with Crippen LogP contribution in [-0.2, 0) is 33.6 Å². The molecule has 1 aliphatic heterocycles. The van der Waals surface area contributed by atoms with Crippen LogP contribution >= 0.6 is 0 Å². The molecule has 2 atom stereocenters. The van der Waals surface area contributed by atoms with E-state index in [4.69, 9.17) is 10.6 Å². The number of primary amides is 1. The lowest BCUT2D eigenvalue weighted by Crippen LogP contribution is -2.54. The lowest BCUT2D eigenvalue weighted by Gasteiger charge is -2.26. The Morgan fingerprint density at radius 2 is 1.51 bits per heavy atom. The van der Waals surface area contributed by atoms with Gasteiger partial charge in [0, 0.05) is 38.1 Å². The molecule has 1 fully saturated rings. The van der Waals surface area contributed by atoms with Gasteiger partial charge in [-0.2, -0.15) is 0 Å². The summed E-state index contributed by atoms with van der Waals surface area (Å²) < 4.78 is 0. The molecule has 1 aliphatic rings. The molecule has 37 heavy (non-hydrogen) atoms. The topological polar surface area (TPSA) is 194 Å². The first-order chi connectivity index (χ1) is 17.3. The summed E-state index contributed by atoms with van der Waals surface area (Å²) in [5, 5.41) is 8.33. The van der Waals surface area contributed by atoms with E-state index in [1.807, 2.05) is 0 Å². The fraction of sp³-hybridized carbons (Fsp3) is 0.708. The van der Waals surface area contributed by atoms with Crippen molar-refractivity contribution < 1.29 is 38.4 Å². The average Bonchev–Trinajstić information content (AvgIpc) is 3.13. The molecule has 0 aromatic carbocycles. The largest absolute Gasteiger partial charge is 0.352 e. The van der Waals surface area contributed by atoms with Crippen LogP contribution in [0.15, 0.2) is 0 Å². The number of hydrogen-bond acceptors (Lipinski definition) is 8. The maximum atomic E-state index is 12.9. The van der Waals surface area contributed by atoms with E-state index in [0.717, 1.165) is 0 Å². The van der Waals surface area contributed by atoms with Crippen molar-refractivity contribution in [3.63, 3.8) is 0 Å². The molecule has 1 saturated heterocycles. The van der Waals surface area contributed by atoms with Crippen LogP contribution < -0.4 is 21.7 Å². The Morgan fingerprint density at radius 3 is 2.05 bits per heavy atom. The van der Waals surface area contributed by atoms with Crippen molar-refractivity contribution in [3.8, 4) is 0 Å². The van der Waals surface area contributed by atoms with Gasteiger partial charge in [0.1, 0.15) is 6.04 Å².